The second-order valence-corrected chi connectivity index (χ2v) is 9.58. The van der Waals surface area contributed by atoms with Gasteiger partial charge in [0, 0.05) is 77.2 Å². The van der Waals surface area contributed by atoms with Crippen molar-refractivity contribution in [1.29, 1.82) is 0 Å². The molecule has 2 aliphatic heterocycles. The SMILES string of the molecule is O=C(O)CN1CCN(CC(=O)O)CCN(CC(=O)O)C(COCCCN2C(=O)C=CC2=O)CN(CC(=O)O)CC1. The van der Waals surface area contributed by atoms with Crippen LogP contribution in [0.2, 0.25) is 0 Å². The van der Waals surface area contributed by atoms with Gasteiger partial charge in [-0.15, -0.1) is 0 Å². The summed E-state index contributed by atoms with van der Waals surface area (Å²) in [5.74, 6) is -5.22. The smallest absolute Gasteiger partial charge is 0.317 e. The number of imide groups is 1. The molecule has 0 aromatic heterocycles. The molecule has 0 aromatic rings. The van der Waals surface area contributed by atoms with Crippen LogP contribution in [0.25, 0.3) is 0 Å². The van der Waals surface area contributed by atoms with Crippen LogP contribution in [0.15, 0.2) is 12.2 Å². The van der Waals surface area contributed by atoms with Crippen LogP contribution >= 0.6 is 0 Å². The highest BCUT2D eigenvalue weighted by Gasteiger charge is 2.28. The monoisotopic (exact) mass is 571 g/mol. The Labute approximate surface area is 230 Å². The van der Waals surface area contributed by atoms with Gasteiger partial charge in [0.25, 0.3) is 11.8 Å². The number of nitrogens with zero attached hydrogens (tertiary/aromatic N) is 5. The Hall–Kier alpha value is -3.44. The number of carbonyl (C=O) groups excluding carboxylic acids is 2. The Morgan fingerprint density at radius 3 is 1.65 bits per heavy atom. The standard InChI is InChI=1S/C24H37N5O11/c30-19-2-3-20(31)29(19)4-1-11-40-17-18-12-27(15-23(36)37)8-7-25(13-21(32)33)5-6-26(14-22(34)35)9-10-28(18)16-24(38)39/h2-3,18H,1,4-17H2,(H,32,33)(H,34,35)(H,36,37)(H,38,39). The molecule has 40 heavy (non-hydrogen) atoms. The Bertz CT molecular complexity index is 941. The third kappa shape index (κ3) is 12.2. The maximum absolute atomic E-state index is 11.7. The molecule has 1 unspecified atom stereocenters. The minimum Gasteiger partial charge on any atom is -0.480 e. The molecule has 2 rings (SSSR count). The maximum atomic E-state index is 11.7. The van der Waals surface area contributed by atoms with E-state index in [1.807, 2.05) is 0 Å². The minimum absolute atomic E-state index is 0.00130. The number of hydrogen-bond donors (Lipinski definition) is 4. The van der Waals surface area contributed by atoms with Crippen molar-refractivity contribution in [3.05, 3.63) is 12.2 Å². The second kappa shape index (κ2) is 16.6. The number of amides is 2. The molecule has 0 radical (unpaired) electrons. The van der Waals surface area contributed by atoms with Crippen LogP contribution in [0, 0.1) is 0 Å². The van der Waals surface area contributed by atoms with Gasteiger partial charge >= 0.3 is 23.9 Å². The summed E-state index contributed by atoms with van der Waals surface area (Å²) in [6.07, 6.45) is 2.69. The van der Waals surface area contributed by atoms with E-state index in [-0.39, 0.29) is 85.2 Å². The molecule has 2 aliphatic rings. The summed E-state index contributed by atoms with van der Waals surface area (Å²) < 4.78 is 5.78. The first-order valence-corrected chi connectivity index (χ1v) is 12.8. The third-order valence-electron chi connectivity index (χ3n) is 6.45. The van der Waals surface area contributed by atoms with E-state index < -0.39 is 48.3 Å². The molecule has 0 spiro atoms. The summed E-state index contributed by atoms with van der Waals surface area (Å²) in [7, 11) is 0. The molecule has 2 heterocycles. The Morgan fingerprint density at radius 1 is 0.700 bits per heavy atom. The van der Waals surface area contributed by atoms with Crippen molar-refractivity contribution in [1.82, 2.24) is 24.5 Å². The lowest BCUT2D eigenvalue weighted by Gasteiger charge is -2.37. The number of carbonyl (C=O) groups is 6. The van der Waals surface area contributed by atoms with Crippen LogP contribution in [0.1, 0.15) is 6.42 Å². The van der Waals surface area contributed by atoms with Gasteiger partial charge in [0.2, 0.25) is 0 Å². The topological polar surface area (TPSA) is 209 Å². The Morgan fingerprint density at radius 2 is 1.15 bits per heavy atom. The largest absolute Gasteiger partial charge is 0.480 e. The average molecular weight is 572 g/mol. The first-order chi connectivity index (χ1) is 18.9. The lowest BCUT2D eigenvalue weighted by Crippen LogP contribution is -2.54. The van der Waals surface area contributed by atoms with E-state index >= 15 is 0 Å². The first-order valence-electron chi connectivity index (χ1n) is 12.8. The van der Waals surface area contributed by atoms with E-state index in [1.54, 1.807) is 19.6 Å². The van der Waals surface area contributed by atoms with E-state index in [9.17, 15) is 49.2 Å². The summed E-state index contributed by atoms with van der Waals surface area (Å²) in [4.78, 5) is 76.9. The van der Waals surface area contributed by atoms with Crippen LogP contribution in [0.5, 0.6) is 0 Å². The van der Waals surface area contributed by atoms with Crippen LogP contribution in [0.4, 0.5) is 0 Å². The van der Waals surface area contributed by atoms with Gasteiger partial charge in [0.05, 0.1) is 32.8 Å². The zero-order valence-corrected chi connectivity index (χ0v) is 22.2. The second-order valence-electron chi connectivity index (χ2n) is 9.58. The van der Waals surface area contributed by atoms with Crippen molar-refractivity contribution >= 4 is 35.7 Å². The molecule has 16 nitrogen and oxygen atoms in total. The summed E-state index contributed by atoms with van der Waals surface area (Å²) in [6, 6.07) is -0.605. The van der Waals surface area contributed by atoms with Gasteiger partial charge in [-0.05, 0) is 6.42 Å². The number of aliphatic carboxylic acids is 4. The van der Waals surface area contributed by atoms with Gasteiger partial charge in [-0.2, -0.15) is 0 Å². The molecule has 0 aromatic carbocycles. The fourth-order valence-corrected chi connectivity index (χ4v) is 4.52. The van der Waals surface area contributed by atoms with Crippen LogP contribution < -0.4 is 0 Å². The molecule has 0 saturated carbocycles. The molecule has 1 saturated heterocycles. The Kier molecular flexibility index (Phi) is 13.6. The Balaban J connectivity index is 2.18. The number of hydrogen-bond acceptors (Lipinski definition) is 11. The van der Waals surface area contributed by atoms with Crippen molar-refractivity contribution in [2.75, 3.05) is 91.8 Å². The molecule has 2 amide bonds. The molecule has 1 fully saturated rings. The molecule has 16 heteroatoms. The van der Waals surface area contributed by atoms with Gasteiger partial charge in [-0.25, -0.2) is 0 Å². The molecule has 0 bridgehead atoms. The number of rotatable bonds is 14. The van der Waals surface area contributed by atoms with Crippen LogP contribution in [0.3, 0.4) is 0 Å². The molecular weight excluding hydrogens is 534 g/mol. The number of carboxylic acid groups (broad SMARTS) is 4. The fraction of sp³-hybridized carbons (Fsp3) is 0.667. The highest BCUT2D eigenvalue weighted by Crippen LogP contribution is 2.09. The van der Waals surface area contributed by atoms with Crippen molar-refractivity contribution in [3.8, 4) is 0 Å². The maximum Gasteiger partial charge on any atom is 0.317 e. The van der Waals surface area contributed by atoms with Gasteiger partial charge in [0.1, 0.15) is 0 Å². The quantitative estimate of drug-likeness (QED) is 0.123. The molecule has 1 atom stereocenters. The fourth-order valence-electron chi connectivity index (χ4n) is 4.52. The van der Waals surface area contributed by atoms with Crippen LogP contribution in [-0.2, 0) is 33.5 Å². The predicted octanol–water partition coefficient (Wildman–Crippen LogP) is -2.75. The van der Waals surface area contributed by atoms with Gasteiger partial charge in [-0.3, -0.25) is 53.3 Å². The van der Waals surface area contributed by atoms with Crippen molar-refractivity contribution in [2.45, 2.75) is 12.5 Å². The molecular formula is C24H37N5O11. The van der Waals surface area contributed by atoms with E-state index in [4.69, 9.17) is 4.74 Å². The van der Waals surface area contributed by atoms with Crippen molar-refractivity contribution < 1.29 is 53.9 Å². The first kappa shape index (κ1) is 32.8. The van der Waals surface area contributed by atoms with Crippen molar-refractivity contribution in [3.63, 3.8) is 0 Å². The van der Waals surface area contributed by atoms with Gasteiger partial charge in [-0.1, -0.05) is 0 Å². The highest BCUT2D eigenvalue weighted by atomic mass is 16.5. The molecule has 224 valence electrons. The molecule has 0 aliphatic carbocycles. The highest BCUT2D eigenvalue weighted by molar-refractivity contribution is 6.12. The number of carboxylic acids is 4. The third-order valence-corrected chi connectivity index (χ3v) is 6.45. The van der Waals surface area contributed by atoms with Gasteiger partial charge < -0.3 is 25.2 Å². The van der Waals surface area contributed by atoms with Crippen LogP contribution in [-0.4, -0.2) is 178 Å². The minimum atomic E-state index is -1.13. The summed E-state index contributed by atoms with van der Waals surface area (Å²) in [6.45, 7) is 0.0839. The zero-order chi connectivity index (χ0) is 29.7. The molecule has 4 N–H and O–H groups in total. The zero-order valence-electron chi connectivity index (χ0n) is 22.2. The lowest BCUT2D eigenvalue weighted by molar-refractivity contribution is -0.142. The van der Waals surface area contributed by atoms with E-state index in [0.717, 1.165) is 4.90 Å². The van der Waals surface area contributed by atoms with E-state index in [0.29, 0.717) is 6.42 Å². The number of ether oxygens (including phenoxy) is 1. The summed E-state index contributed by atoms with van der Waals surface area (Å²) in [5, 5.41) is 37.7. The predicted molar refractivity (Wildman–Crippen MR) is 137 cm³/mol. The van der Waals surface area contributed by atoms with Gasteiger partial charge in [0.15, 0.2) is 0 Å². The van der Waals surface area contributed by atoms with E-state index in [2.05, 4.69) is 0 Å². The van der Waals surface area contributed by atoms with Crippen molar-refractivity contribution in [2.24, 2.45) is 0 Å². The normalized spacial score (nSPS) is 20.8. The lowest BCUT2D eigenvalue weighted by atomic mass is 10.2. The average Bonchev–Trinajstić information content (AvgIpc) is 3.16. The summed E-state index contributed by atoms with van der Waals surface area (Å²) >= 11 is 0. The summed E-state index contributed by atoms with van der Waals surface area (Å²) in [5.41, 5.74) is 0. The van der Waals surface area contributed by atoms with E-state index in [1.165, 1.54) is 12.2 Å².